The molecule has 5 rings (SSSR count). The van der Waals surface area contributed by atoms with E-state index in [0.29, 0.717) is 48.7 Å². The molecule has 1 aromatic carbocycles. The number of hydrogen-bond donors (Lipinski definition) is 0. The number of hydrogen-bond acceptors (Lipinski definition) is 8. The first-order valence-corrected chi connectivity index (χ1v) is 10.5. The summed E-state index contributed by atoms with van der Waals surface area (Å²) in [7, 11) is 1.50. The van der Waals surface area contributed by atoms with Crippen molar-refractivity contribution < 1.29 is 13.9 Å². The van der Waals surface area contributed by atoms with Crippen molar-refractivity contribution >= 4 is 22.7 Å². The van der Waals surface area contributed by atoms with E-state index in [4.69, 9.17) is 9.15 Å². The van der Waals surface area contributed by atoms with Crippen LogP contribution in [0.15, 0.2) is 57.9 Å². The van der Waals surface area contributed by atoms with Gasteiger partial charge >= 0.3 is 5.63 Å². The summed E-state index contributed by atoms with van der Waals surface area (Å²) in [5, 5.41) is 13.5. The first-order valence-electron chi connectivity index (χ1n) is 10.5. The van der Waals surface area contributed by atoms with Crippen LogP contribution < -0.4 is 15.3 Å². The Labute approximate surface area is 189 Å². The van der Waals surface area contributed by atoms with Gasteiger partial charge in [0, 0.05) is 37.8 Å². The van der Waals surface area contributed by atoms with Crippen LogP contribution in [-0.2, 0) is 0 Å². The molecule has 0 bridgehead atoms. The number of anilines is 1. The fourth-order valence-corrected chi connectivity index (χ4v) is 3.89. The number of nitrogens with zero attached hydrogens (tertiary/aromatic N) is 6. The van der Waals surface area contributed by atoms with E-state index in [1.807, 2.05) is 31.3 Å². The summed E-state index contributed by atoms with van der Waals surface area (Å²) in [6.45, 7) is 3.98. The van der Waals surface area contributed by atoms with Gasteiger partial charge < -0.3 is 19.0 Å². The normalized spacial score (nSPS) is 14.0. The smallest absolute Gasteiger partial charge is 0.349 e. The van der Waals surface area contributed by atoms with Gasteiger partial charge in [0.05, 0.1) is 12.8 Å². The molecule has 1 aliphatic heterocycles. The van der Waals surface area contributed by atoms with Gasteiger partial charge in [-0.2, -0.15) is 5.10 Å². The van der Waals surface area contributed by atoms with Crippen LogP contribution in [0.25, 0.3) is 16.8 Å². The number of aromatic nitrogens is 4. The largest absolute Gasteiger partial charge is 0.493 e. The van der Waals surface area contributed by atoms with Gasteiger partial charge in [0.1, 0.15) is 5.56 Å². The lowest BCUT2D eigenvalue weighted by Crippen LogP contribution is -2.49. The quantitative estimate of drug-likeness (QED) is 0.439. The zero-order valence-corrected chi connectivity index (χ0v) is 18.3. The average Bonchev–Trinajstić information content (AvgIpc) is 3.29. The van der Waals surface area contributed by atoms with Crippen molar-refractivity contribution in [3.63, 3.8) is 0 Å². The molecule has 0 atom stereocenters. The number of piperazine rings is 1. The minimum Gasteiger partial charge on any atom is -0.493 e. The molecule has 0 radical (unpaired) electrons. The van der Waals surface area contributed by atoms with E-state index in [-0.39, 0.29) is 11.5 Å². The molecule has 10 heteroatoms. The third-order valence-corrected chi connectivity index (χ3v) is 5.66. The highest BCUT2D eigenvalue weighted by Crippen LogP contribution is 2.25. The topological polar surface area (TPSA) is 107 Å². The van der Waals surface area contributed by atoms with Gasteiger partial charge in [-0.1, -0.05) is 12.1 Å². The molecule has 4 heterocycles. The second-order valence-corrected chi connectivity index (χ2v) is 7.76. The molecule has 1 aliphatic rings. The molecular weight excluding hydrogens is 424 g/mol. The number of rotatable bonds is 4. The Bertz CT molecular complexity index is 1370. The SMILES string of the molecule is COc1cccc2cc(C(=O)N3CCN(c4ccc(-n5ccc(C)n5)nn4)CC3)c(=O)oc12. The lowest BCUT2D eigenvalue weighted by Gasteiger charge is -2.35. The summed E-state index contributed by atoms with van der Waals surface area (Å²) >= 11 is 0. The molecule has 0 aliphatic carbocycles. The summed E-state index contributed by atoms with van der Waals surface area (Å²) in [5.74, 6) is 1.48. The Balaban J connectivity index is 1.29. The van der Waals surface area contributed by atoms with Gasteiger partial charge in [-0.05, 0) is 37.3 Å². The lowest BCUT2D eigenvalue weighted by molar-refractivity contribution is 0.0742. The summed E-state index contributed by atoms with van der Waals surface area (Å²) in [6, 6.07) is 12.5. The van der Waals surface area contributed by atoms with Crippen LogP contribution >= 0.6 is 0 Å². The Morgan fingerprint density at radius 3 is 2.45 bits per heavy atom. The molecule has 0 saturated carbocycles. The molecular formula is C23H22N6O4. The Morgan fingerprint density at radius 2 is 1.79 bits per heavy atom. The van der Waals surface area contributed by atoms with Crippen LogP contribution in [0.3, 0.4) is 0 Å². The average molecular weight is 446 g/mol. The first kappa shape index (κ1) is 20.7. The molecule has 10 nitrogen and oxygen atoms in total. The van der Waals surface area contributed by atoms with Crippen LogP contribution in [-0.4, -0.2) is 64.1 Å². The van der Waals surface area contributed by atoms with Gasteiger partial charge in [0.2, 0.25) is 0 Å². The van der Waals surface area contributed by atoms with Crippen molar-refractivity contribution in [2.24, 2.45) is 0 Å². The van der Waals surface area contributed by atoms with Crippen LogP contribution in [0.4, 0.5) is 5.82 Å². The summed E-state index contributed by atoms with van der Waals surface area (Å²) in [5.41, 5.74) is 0.581. The number of benzene rings is 1. The second-order valence-electron chi connectivity index (χ2n) is 7.76. The maximum atomic E-state index is 13.0. The summed E-state index contributed by atoms with van der Waals surface area (Å²) in [4.78, 5) is 29.3. The molecule has 3 aromatic heterocycles. The van der Waals surface area contributed by atoms with Crippen molar-refractivity contribution in [2.45, 2.75) is 6.92 Å². The van der Waals surface area contributed by atoms with Gasteiger partial charge in [0.25, 0.3) is 5.91 Å². The molecule has 0 N–H and O–H groups in total. The van der Waals surface area contributed by atoms with Crippen LogP contribution in [0.1, 0.15) is 16.1 Å². The fourth-order valence-electron chi connectivity index (χ4n) is 3.89. The highest BCUT2D eigenvalue weighted by molar-refractivity contribution is 5.97. The van der Waals surface area contributed by atoms with E-state index in [2.05, 4.69) is 20.2 Å². The van der Waals surface area contributed by atoms with Crippen molar-refractivity contribution in [3.8, 4) is 11.6 Å². The molecule has 0 spiro atoms. The van der Waals surface area contributed by atoms with Gasteiger partial charge in [-0.3, -0.25) is 4.79 Å². The highest BCUT2D eigenvalue weighted by atomic mass is 16.5. The molecule has 168 valence electrons. The Hall–Kier alpha value is -4.21. The van der Waals surface area contributed by atoms with E-state index in [9.17, 15) is 9.59 Å². The minimum absolute atomic E-state index is 0.0165. The number of para-hydroxylation sites is 1. The van der Waals surface area contributed by atoms with Gasteiger partial charge in [-0.15, -0.1) is 10.2 Å². The van der Waals surface area contributed by atoms with Crippen LogP contribution in [0, 0.1) is 6.92 Å². The maximum Gasteiger partial charge on any atom is 0.349 e. The third-order valence-electron chi connectivity index (χ3n) is 5.66. The number of aryl methyl sites for hydroxylation is 1. The highest BCUT2D eigenvalue weighted by Gasteiger charge is 2.26. The number of methoxy groups -OCH3 is 1. The first-order chi connectivity index (χ1) is 16.0. The second kappa shape index (κ2) is 8.38. The van der Waals surface area contributed by atoms with Crippen LogP contribution in [0.5, 0.6) is 5.75 Å². The molecule has 1 fully saturated rings. The van der Waals surface area contributed by atoms with Crippen molar-refractivity contribution in [1.29, 1.82) is 0 Å². The van der Waals surface area contributed by atoms with E-state index >= 15 is 0 Å². The molecule has 4 aromatic rings. The summed E-state index contributed by atoms with van der Waals surface area (Å²) < 4.78 is 12.3. The Morgan fingerprint density at radius 1 is 1.03 bits per heavy atom. The predicted molar refractivity (Wildman–Crippen MR) is 121 cm³/mol. The van der Waals surface area contributed by atoms with Gasteiger partial charge in [0.15, 0.2) is 23.0 Å². The standard InChI is InChI=1S/C23H22N6O4/c1-15-8-9-29(26-15)20-7-6-19(24-25-20)27-10-12-28(13-11-27)22(30)17-14-16-4-3-5-18(32-2)21(16)33-23(17)31/h3-9,14H,10-13H2,1-2H3. The van der Waals surface area contributed by atoms with Crippen molar-refractivity contribution in [3.05, 3.63) is 70.3 Å². The third kappa shape index (κ3) is 3.91. The zero-order chi connectivity index (χ0) is 22.9. The molecule has 33 heavy (non-hydrogen) atoms. The maximum absolute atomic E-state index is 13.0. The number of amides is 1. The van der Waals surface area contributed by atoms with Gasteiger partial charge in [-0.25, -0.2) is 9.48 Å². The molecule has 0 unspecified atom stereocenters. The van der Waals surface area contributed by atoms with Crippen molar-refractivity contribution in [2.75, 3.05) is 38.2 Å². The zero-order valence-electron chi connectivity index (χ0n) is 18.3. The minimum atomic E-state index is -0.672. The van der Waals surface area contributed by atoms with Crippen molar-refractivity contribution in [1.82, 2.24) is 24.9 Å². The van der Waals surface area contributed by atoms with E-state index in [0.717, 1.165) is 11.5 Å². The van der Waals surface area contributed by atoms with E-state index in [1.54, 1.807) is 33.8 Å². The number of ether oxygens (including phenoxy) is 1. The molecule has 1 saturated heterocycles. The van der Waals surface area contributed by atoms with Crippen LogP contribution in [0.2, 0.25) is 0 Å². The fraction of sp³-hybridized carbons (Fsp3) is 0.261. The number of carbonyl (C=O) groups excluding carboxylic acids is 1. The predicted octanol–water partition coefficient (Wildman–Crippen LogP) is 2.05. The summed E-state index contributed by atoms with van der Waals surface area (Å²) in [6.07, 6.45) is 1.84. The van der Waals surface area contributed by atoms with E-state index < -0.39 is 5.63 Å². The lowest BCUT2D eigenvalue weighted by atomic mass is 10.1. The number of fused-ring (bicyclic) bond motifs is 1. The monoisotopic (exact) mass is 446 g/mol. The number of carbonyl (C=O) groups is 1. The van der Waals surface area contributed by atoms with E-state index in [1.165, 1.54) is 7.11 Å². The molecule has 1 amide bonds. The Kier molecular flexibility index (Phi) is 5.25.